The summed E-state index contributed by atoms with van der Waals surface area (Å²) in [5, 5.41) is 10.3. The van der Waals surface area contributed by atoms with Crippen molar-refractivity contribution < 1.29 is 27.9 Å². The molecule has 1 saturated heterocycles. The molecule has 0 unspecified atom stereocenters. The molecule has 1 aromatic heterocycles. The molecule has 3 rings (SSSR count). The molecule has 2 aromatic rings. The van der Waals surface area contributed by atoms with Gasteiger partial charge in [0.15, 0.2) is 5.13 Å². The van der Waals surface area contributed by atoms with Crippen LogP contribution in [0, 0.1) is 5.92 Å². The number of primary amides is 1. The van der Waals surface area contributed by atoms with Gasteiger partial charge < -0.3 is 20.6 Å². The second-order valence-corrected chi connectivity index (χ2v) is 7.73. The van der Waals surface area contributed by atoms with Gasteiger partial charge in [0.05, 0.1) is 5.69 Å². The highest BCUT2D eigenvalue weighted by Crippen LogP contribution is 2.34. The third kappa shape index (κ3) is 6.09. The Kier molecular flexibility index (Phi) is 7.65. The molecule has 11 heteroatoms. The summed E-state index contributed by atoms with van der Waals surface area (Å²) in [6.07, 6.45) is -3.45. The lowest BCUT2D eigenvalue weighted by Gasteiger charge is -2.30. The standard InChI is InChI=1S/C17H22N4OS.C2HF3O2/c1-20(2)15-6-4-3-5-13(15)14-11-23-17(19-14)21-9-7-12(8-10-21)16(18)22;3-2(4,5)1(6)7/h3-6,11-12H,7-10H2,1-2H3,(H2,18,22);(H,6,7). The predicted octanol–water partition coefficient (Wildman–Crippen LogP) is 3.21. The van der Waals surface area contributed by atoms with Crippen LogP contribution in [0.1, 0.15) is 12.8 Å². The average molecular weight is 444 g/mol. The van der Waals surface area contributed by atoms with Gasteiger partial charge in [-0.3, -0.25) is 4.79 Å². The minimum absolute atomic E-state index is 0.0140. The molecule has 1 aliphatic rings. The van der Waals surface area contributed by atoms with Crippen LogP contribution in [-0.4, -0.2) is 55.3 Å². The summed E-state index contributed by atoms with van der Waals surface area (Å²) in [7, 11) is 4.08. The van der Waals surface area contributed by atoms with Gasteiger partial charge in [-0.2, -0.15) is 13.2 Å². The van der Waals surface area contributed by atoms with E-state index in [0.29, 0.717) is 0 Å². The third-order valence-corrected chi connectivity index (χ3v) is 5.47. The topological polar surface area (TPSA) is 99.8 Å². The molecule has 1 aliphatic heterocycles. The van der Waals surface area contributed by atoms with Gasteiger partial charge in [0.2, 0.25) is 5.91 Å². The van der Waals surface area contributed by atoms with Crippen molar-refractivity contribution in [2.24, 2.45) is 11.7 Å². The summed E-state index contributed by atoms with van der Waals surface area (Å²) < 4.78 is 31.7. The molecule has 1 aromatic carbocycles. The summed E-state index contributed by atoms with van der Waals surface area (Å²) in [6.45, 7) is 1.69. The first-order valence-corrected chi connectivity index (χ1v) is 9.95. The number of carbonyl (C=O) groups excluding carboxylic acids is 1. The van der Waals surface area contributed by atoms with Crippen molar-refractivity contribution in [3.8, 4) is 11.3 Å². The molecule has 30 heavy (non-hydrogen) atoms. The predicted molar refractivity (Wildman–Crippen MR) is 110 cm³/mol. The van der Waals surface area contributed by atoms with Crippen LogP contribution in [0.4, 0.5) is 24.0 Å². The number of carboxylic acid groups (broad SMARTS) is 1. The van der Waals surface area contributed by atoms with Crippen LogP contribution >= 0.6 is 11.3 Å². The zero-order chi connectivity index (χ0) is 22.5. The van der Waals surface area contributed by atoms with E-state index in [0.717, 1.165) is 48.0 Å². The number of benzene rings is 1. The Hall–Kier alpha value is -2.82. The number of thiazole rings is 1. The molecular weight excluding hydrogens is 421 g/mol. The first-order chi connectivity index (χ1) is 14.0. The molecule has 0 radical (unpaired) electrons. The van der Waals surface area contributed by atoms with Crippen LogP contribution in [0.5, 0.6) is 0 Å². The van der Waals surface area contributed by atoms with E-state index in [1.54, 1.807) is 11.3 Å². The van der Waals surface area contributed by atoms with Crippen molar-refractivity contribution in [3.63, 3.8) is 0 Å². The Morgan fingerprint density at radius 2 is 1.80 bits per heavy atom. The van der Waals surface area contributed by atoms with Gasteiger partial charge in [0.25, 0.3) is 0 Å². The Balaban J connectivity index is 0.000000396. The molecule has 0 saturated carbocycles. The summed E-state index contributed by atoms with van der Waals surface area (Å²) in [5.74, 6) is -2.92. The number of piperidine rings is 1. The molecule has 3 N–H and O–H groups in total. The number of aliphatic carboxylic acids is 1. The molecule has 7 nitrogen and oxygen atoms in total. The number of carbonyl (C=O) groups is 2. The van der Waals surface area contributed by atoms with Gasteiger partial charge in [-0.1, -0.05) is 18.2 Å². The normalized spacial score (nSPS) is 14.6. The maximum absolute atomic E-state index is 11.3. The minimum atomic E-state index is -5.08. The minimum Gasteiger partial charge on any atom is -0.475 e. The van der Waals surface area contributed by atoms with Gasteiger partial charge in [-0.15, -0.1) is 11.3 Å². The second-order valence-electron chi connectivity index (χ2n) is 6.89. The molecule has 2 heterocycles. The number of rotatable bonds is 4. The third-order valence-electron chi connectivity index (χ3n) is 4.56. The van der Waals surface area contributed by atoms with Crippen molar-refractivity contribution in [1.82, 2.24) is 4.98 Å². The van der Waals surface area contributed by atoms with Crippen molar-refractivity contribution in [2.75, 3.05) is 37.0 Å². The molecular formula is C19H23F3N4O3S. The Morgan fingerprint density at radius 3 is 2.30 bits per heavy atom. The van der Waals surface area contributed by atoms with E-state index in [2.05, 4.69) is 27.3 Å². The molecule has 164 valence electrons. The number of aromatic nitrogens is 1. The molecule has 0 spiro atoms. The van der Waals surface area contributed by atoms with E-state index in [1.165, 1.54) is 0 Å². The fourth-order valence-electron chi connectivity index (χ4n) is 2.97. The molecule has 0 aliphatic carbocycles. The molecule has 1 amide bonds. The van der Waals surface area contributed by atoms with Crippen LogP contribution in [0.15, 0.2) is 29.6 Å². The number of nitrogens with zero attached hydrogens (tertiary/aromatic N) is 3. The summed E-state index contributed by atoms with van der Waals surface area (Å²) in [4.78, 5) is 29.3. The first kappa shape index (κ1) is 23.5. The quantitative estimate of drug-likeness (QED) is 0.751. The van der Waals surface area contributed by atoms with E-state index < -0.39 is 12.1 Å². The summed E-state index contributed by atoms with van der Waals surface area (Å²) >= 11 is 1.66. The lowest BCUT2D eigenvalue weighted by atomic mass is 9.97. The van der Waals surface area contributed by atoms with Crippen LogP contribution in [0.2, 0.25) is 0 Å². The second kappa shape index (κ2) is 9.79. The van der Waals surface area contributed by atoms with E-state index in [4.69, 9.17) is 20.6 Å². The Labute approximate surface area is 175 Å². The van der Waals surface area contributed by atoms with E-state index in [1.807, 2.05) is 26.2 Å². The lowest BCUT2D eigenvalue weighted by Crippen LogP contribution is -2.38. The van der Waals surface area contributed by atoms with E-state index in [-0.39, 0.29) is 11.8 Å². The monoisotopic (exact) mass is 444 g/mol. The van der Waals surface area contributed by atoms with Gasteiger partial charge in [0, 0.05) is 49.7 Å². The maximum atomic E-state index is 11.3. The van der Waals surface area contributed by atoms with Crippen molar-refractivity contribution in [1.29, 1.82) is 0 Å². The number of halogens is 3. The SMILES string of the molecule is CN(C)c1ccccc1-c1csc(N2CCC(C(N)=O)CC2)n1.O=C(O)C(F)(F)F. The van der Waals surface area contributed by atoms with Crippen molar-refractivity contribution >= 4 is 34.0 Å². The number of hydrogen-bond donors (Lipinski definition) is 2. The Morgan fingerprint density at radius 1 is 1.23 bits per heavy atom. The van der Waals surface area contributed by atoms with Crippen molar-refractivity contribution in [2.45, 2.75) is 19.0 Å². The van der Waals surface area contributed by atoms with Crippen LogP contribution < -0.4 is 15.5 Å². The molecule has 0 atom stereocenters. The largest absolute Gasteiger partial charge is 0.490 e. The van der Waals surface area contributed by atoms with Crippen LogP contribution in [-0.2, 0) is 9.59 Å². The lowest BCUT2D eigenvalue weighted by molar-refractivity contribution is -0.192. The van der Waals surface area contributed by atoms with Crippen LogP contribution in [0.3, 0.4) is 0 Å². The highest BCUT2D eigenvalue weighted by molar-refractivity contribution is 7.14. The number of nitrogens with two attached hydrogens (primary N) is 1. The van der Waals surface area contributed by atoms with Gasteiger partial charge in [-0.05, 0) is 18.9 Å². The maximum Gasteiger partial charge on any atom is 0.490 e. The van der Waals surface area contributed by atoms with E-state index >= 15 is 0 Å². The summed E-state index contributed by atoms with van der Waals surface area (Å²) in [5.41, 5.74) is 8.72. The first-order valence-electron chi connectivity index (χ1n) is 9.07. The number of hydrogen-bond acceptors (Lipinski definition) is 6. The fraction of sp³-hybridized carbons (Fsp3) is 0.421. The molecule has 1 fully saturated rings. The average Bonchev–Trinajstić information content (AvgIpc) is 3.18. The number of anilines is 2. The zero-order valence-corrected chi connectivity index (χ0v) is 17.3. The van der Waals surface area contributed by atoms with Gasteiger partial charge in [-0.25, -0.2) is 9.78 Å². The zero-order valence-electron chi connectivity index (χ0n) is 16.5. The number of amides is 1. The van der Waals surface area contributed by atoms with Crippen LogP contribution in [0.25, 0.3) is 11.3 Å². The fourth-order valence-corrected chi connectivity index (χ4v) is 3.85. The highest BCUT2D eigenvalue weighted by Gasteiger charge is 2.38. The number of alkyl halides is 3. The van der Waals surface area contributed by atoms with Gasteiger partial charge >= 0.3 is 12.1 Å². The van der Waals surface area contributed by atoms with E-state index in [9.17, 15) is 18.0 Å². The highest BCUT2D eigenvalue weighted by atomic mass is 32.1. The Bertz CT molecular complexity index is 878. The molecule has 0 bridgehead atoms. The smallest absolute Gasteiger partial charge is 0.475 e. The van der Waals surface area contributed by atoms with Crippen molar-refractivity contribution in [3.05, 3.63) is 29.6 Å². The number of para-hydroxylation sites is 1. The van der Waals surface area contributed by atoms with Gasteiger partial charge in [0.1, 0.15) is 0 Å². The number of carboxylic acids is 1. The summed E-state index contributed by atoms with van der Waals surface area (Å²) in [6, 6.07) is 8.29.